The summed E-state index contributed by atoms with van der Waals surface area (Å²) in [4.78, 5) is 4.60. The van der Waals surface area contributed by atoms with E-state index in [1.165, 1.54) is 11.3 Å². The van der Waals surface area contributed by atoms with Crippen LogP contribution in [0.1, 0.15) is 10.6 Å². The third-order valence-corrected chi connectivity index (χ3v) is 5.11. The summed E-state index contributed by atoms with van der Waals surface area (Å²) < 4.78 is 2.05. The highest BCUT2D eigenvalue weighted by Gasteiger charge is 2.09. The van der Waals surface area contributed by atoms with Crippen LogP contribution < -0.4 is 0 Å². The van der Waals surface area contributed by atoms with Crippen molar-refractivity contribution in [2.24, 2.45) is 0 Å². The van der Waals surface area contributed by atoms with Gasteiger partial charge in [0.15, 0.2) is 0 Å². The first kappa shape index (κ1) is 16.1. The highest BCUT2D eigenvalue weighted by atomic mass is 79.9. The van der Waals surface area contributed by atoms with Crippen LogP contribution in [-0.2, 0) is 0 Å². The molecule has 23 heavy (non-hydrogen) atoms. The Bertz CT molecular complexity index is 888. The molecule has 0 aliphatic rings. The first-order valence-corrected chi connectivity index (χ1v) is 9.21. The molecule has 0 spiro atoms. The number of rotatable bonds is 3. The lowest BCUT2D eigenvalue weighted by Gasteiger charge is -1.97. The molecule has 0 bridgehead atoms. The van der Waals surface area contributed by atoms with E-state index in [1.54, 1.807) is 0 Å². The van der Waals surface area contributed by atoms with Crippen molar-refractivity contribution in [2.45, 2.75) is 0 Å². The molecule has 0 fully saturated rings. The maximum absolute atomic E-state index is 9.44. The van der Waals surface area contributed by atoms with Gasteiger partial charge in [-0.1, -0.05) is 56.1 Å². The molecule has 3 aromatic rings. The standard InChI is InChI=1S/C18H10Br2N2S/c19-15-5-1-12(2-6-15)9-14(10-21)18-22-17(11-23-18)13-3-7-16(20)8-4-13/h1-9,11H. The van der Waals surface area contributed by atoms with Crippen molar-refractivity contribution in [3.8, 4) is 17.3 Å². The highest BCUT2D eigenvalue weighted by molar-refractivity contribution is 9.10. The number of allylic oxidation sites excluding steroid dienone is 1. The van der Waals surface area contributed by atoms with Crippen molar-refractivity contribution in [2.75, 3.05) is 0 Å². The van der Waals surface area contributed by atoms with Crippen LogP contribution >= 0.6 is 43.2 Å². The van der Waals surface area contributed by atoms with Gasteiger partial charge in [0.25, 0.3) is 0 Å². The van der Waals surface area contributed by atoms with E-state index >= 15 is 0 Å². The van der Waals surface area contributed by atoms with E-state index in [0.29, 0.717) is 5.57 Å². The van der Waals surface area contributed by atoms with Crippen LogP contribution in [0.2, 0.25) is 0 Å². The molecule has 5 heteroatoms. The summed E-state index contributed by atoms with van der Waals surface area (Å²) >= 11 is 8.32. The zero-order chi connectivity index (χ0) is 16.2. The molecule has 0 N–H and O–H groups in total. The fourth-order valence-electron chi connectivity index (χ4n) is 2.02. The number of nitrogens with zero attached hydrogens (tertiary/aromatic N) is 2. The molecule has 1 aromatic heterocycles. The Balaban J connectivity index is 1.92. The van der Waals surface area contributed by atoms with Gasteiger partial charge in [-0.25, -0.2) is 4.98 Å². The van der Waals surface area contributed by atoms with E-state index in [-0.39, 0.29) is 0 Å². The third kappa shape index (κ3) is 3.97. The number of hydrogen-bond acceptors (Lipinski definition) is 3. The van der Waals surface area contributed by atoms with E-state index in [9.17, 15) is 5.26 Å². The van der Waals surface area contributed by atoms with E-state index in [0.717, 1.165) is 30.8 Å². The predicted octanol–water partition coefficient (Wildman–Crippen LogP) is 6.40. The van der Waals surface area contributed by atoms with E-state index < -0.39 is 0 Å². The average molecular weight is 446 g/mol. The zero-order valence-electron chi connectivity index (χ0n) is 11.8. The zero-order valence-corrected chi connectivity index (χ0v) is 15.8. The molecule has 0 unspecified atom stereocenters. The third-order valence-electron chi connectivity index (χ3n) is 3.18. The Morgan fingerprint density at radius 3 is 2.22 bits per heavy atom. The Morgan fingerprint density at radius 2 is 1.61 bits per heavy atom. The highest BCUT2D eigenvalue weighted by Crippen LogP contribution is 2.28. The summed E-state index contributed by atoms with van der Waals surface area (Å²) in [6, 6.07) is 18.1. The molecule has 0 aliphatic heterocycles. The molecule has 112 valence electrons. The van der Waals surface area contributed by atoms with Crippen molar-refractivity contribution < 1.29 is 0 Å². The van der Waals surface area contributed by atoms with Crippen molar-refractivity contribution in [3.63, 3.8) is 0 Å². The second-order valence-corrected chi connectivity index (χ2v) is 7.46. The van der Waals surface area contributed by atoms with Crippen molar-refractivity contribution in [1.82, 2.24) is 4.98 Å². The number of halogens is 2. The molecule has 0 aliphatic carbocycles. The molecular weight excluding hydrogens is 436 g/mol. The molecule has 0 atom stereocenters. The maximum Gasteiger partial charge on any atom is 0.134 e. The lowest BCUT2D eigenvalue weighted by molar-refractivity contribution is 1.37. The molecule has 0 amide bonds. The van der Waals surface area contributed by atoms with Crippen LogP contribution in [0, 0.1) is 11.3 Å². The topological polar surface area (TPSA) is 36.7 Å². The van der Waals surface area contributed by atoms with Crippen LogP contribution in [0.4, 0.5) is 0 Å². The van der Waals surface area contributed by atoms with E-state index in [1.807, 2.05) is 60.0 Å². The molecule has 0 radical (unpaired) electrons. The Kier molecular flexibility index (Phi) is 5.06. The SMILES string of the molecule is N#CC(=Cc1ccc(Br)cc1)c1nc(-c2ccc(Br)cc2)cs1. The molecule has 0 saturated carbocycles. The summed E-state index contributed by atoms with van der Waals surface area (Å²) in [5.41, 5.74) is 3.47. The van der Waals surface area contributed by atoms with E-state index in [4.69, 9.17) is 0 Å². The summed E-state index contributed by atoms with van der Waals surface area (Å²) in [7, 11) is 0. The summed E-state index contributed by atoms with van der Waals surface area (Å²) in [5.74, 6) is 0. The average Bonchev–Trinajstić information content (AvgIpc) is 3.05. The lowest BCUT2D eigenvalue weighted by atomic mass is 10.1. The largest absolute Gasteiger partial charge is 0.235 e. The van der Waals surface area contributed by atoms with Crippen LogP contribution in [0.5, 0.6) is 0 Å². The maximum atomic E-state index is 9.44. The number of benzene rings is 2. The fourth-order valence-corrected chi connectivity index (χ4v) is 3.34. The lowest BCUT2D eigenvalue weighted by Crippen LogP contribution is -1.83. The molecular formula is C18H10Br2N2S. The van der Waals surface area contributed by atoms with Crippen LogP contribution in [0.25, 0.3) is 22.9 Å². The van der Waals surface area contributed by atoms with Crippen molar-refractivity contribution in [1.29, 1.82) is 5.26 Å². The molecule has 3 rings (SSSR count). The molecule has 1 heterocycles. The van der Waals surface area contributed by atoms with E-state index in [2.05, 4.69) is 42.9 Å². The van der Waals surface area contributed by atoms with Gasteiger partial charge in [-0.2, -0.15) is 5.26 Å². The Morgan fingerprint density at radius 1 is 1.00 bits per heavy atom. The van der Waals surface area contributed by atoms with Gasteiger partial charge in [0, 0.05) is 19.9 Å². The van der Waals surface area contributed by atoms with Gasteiger partial charge in [-0.05, 0) is 35.9 Å². The second kappa shape index (κ2) is 7.22. The van der Waals surface area contributed by atoms with Gasteiger partial charge in [-0.3, -0.25) is 0 Å². The van der Waals surface area contributed by atoms with Crippen LogP contribution in [-0.4, -0.2) is 4.98 Å². The molecule has 2 nitrogen and oxygen atoms in total. The minimum absolute atomic E-state index is 0.570. The van der Waals surface area contributed by atoms with Gasteiger partial charge in [-0.15, -0.1) is 11.3 Å². The van der Waals surface area contributed by atoms with Gasteiger partial charge < -0.3 is 0 Å². The molecule has 2 aromatic carbocycles. The normalized spacial score (nSPS) is 11.3. The summed E-state index contributed by atoms with van der Waals surface area (Å²) in [5, 5.41) is 12.2. The smallest absolute Gasteiger partial charge is 0.134 e. The van der Waals surface area contributed by atoms with Crippen LogP contribution in [0.15, 0.2) is 62.9 Å². The van der Waals surface area contributed by atoms with Gasteiger partial charge in [0.2, 0.25) is 0 Å². The number of nitriles is 1. The number of aromatic nitrogens is 1. The fraction of sp³-hybridized carbons (Fsp3) is 0. The quantitative estimate of drug-likeness (QED) is 0.437. The Hall–Kier alpha value is -1.74. The number of hydrogen-bond donors (Lipinski definition) is 0. The van der Waals surface area contributed by atoms with Crippen LogP contribution in [0.3, 0.4) is 0 Å². The first-order chi connectivity index (χ1) is 11.2. The van der Waals surface area contributed by atoms with Gasteiger partial charge >= 0.3 is 0 Å². The minimum atomic E-state index is 0.570. The monoisotopic (exact) mass is 444 g/mol. The van der Waals surface area contributed by atoms with Gasteiger partial charge in [0.1, 0.15) is 11.1 Å². The Labute approximate surface area is 155 Å². The van der Waals surface area contributed by atoms with Crippen molar-refractivity contribution >= 4 is 54.8 Å². The number of thiazole rings is 1. The first-order valence-electron chi connectivity index (χ1n) is 6.75. The predicted molar refractivity (Wildman–Crippen MR) is 103 cm³/mol. The molecule has 0 saturated heterocycles. The van der Waals surface area contributed by atoms with Crippen molar-refractivity contribution in [3.05, 3.63) is 73.4 Å². The van der Waals surface area contributed by atoms with Gasteiger partial charge in [0.05, 0.1) is 11.3 Å². The summed E-state index contributed by atoms with van der Waals surface area (Å²) in [6.07, 6.45) is 1.86. The summed E-state index contributed by atoms with van der Waals surface area (Å²) in [6.45, 7) is 0. The second-order valence-electron chi connectivity index (χ2n) is 4.77. The minimum Gasteiger partial charge on any atom is -0.235 e.